The van der Waals surface area contributed by atoms with Crippen LogP contribution in [0, 0.1) is 23.7 Å². The minimum absolute atomic E-state index is 0.0306. The van der Waals surface area contributed by atoms with Crippen LogP contribution in [0.2, 0.25) is 0 Å². The average Bonchev–Trinajstić information content (AvgIpc) is 2.96. The van der Waals surface area contributed by atoms with Crippen molar-refractivity contribution in [3.8, 4) is 0 Å². The number of nitrogens with two attached hydrogens (primary N) is 1. The Hall–Kier alpha value is -3.30. The van der Waals surface area contributed by atoms with Crippen molar-refractivity contribution in [1.82, 2.24) is 0 Å². The molecule has 284 valence electrons. The van der Waals surface area contributed by atoms with Gasteiger partial charge in [-0.25, -0.2) is 0 Å². The highest BCUT2D eigenvalue weighted by molar-refractivity contribution is 5.83. The zero-order valence-corrected chi connectivity index (χ0v) is 29.3. The number of ether oxygens (including phenoxy) is 2. The van der Waals surface area contributed by atoms with Crippen molar-refractivity contribution in [3.05, 3.63) is 0 Å². The van der Waals surface area contributed by atoms with Crippen LogP contribution in [0.3, 0.4) is 0 Å². The van der Waals surface area contributed by atoms with Gasteiger partial charge in [-0.05, 0) is 38.0 Å². The van der Waals surface area contributed by atoms with Crippen molar-refractivity contribution in [2.45, 2.75) is 154 Å². The largest absolute Gasteiger partial charge is 0.481 e. The normalized spacial score (nSPS) is 17.0. The van der Waals surface area contributed by atoms with Gasteiger partial charge in [0.25, 0.3) is 0 Å². The first-order valence-corrected chi connectivity index (χ1v) is 17.3. The molecule has 0 aromatic heterocycles. The molecule has 8 N–H and O–H groups in total. The molecule has 0 saturated heterocycles. The average molecular weight is 706 g/mol. The number of carbonyl (C=O) groups excluding carboxylic acids is 2. The van der Waals surface area contributed by atoms with Crippen molar-refractivity contribution < 1.29 is 68.9 Å². The molecule has 49 heavy (non-hydrogen) atoms. The number of hydrogen-bond donors (Lipinski definition) is 7. The summed E-state index contributed by atoms with van der Waals surface area (Å²) in [7, 11) is 0. The lowest BCUT2D eigenvalue weighted by Gasteiger charge is -2.31. The summed E-state index contributed by atoms with van der Waals surface area (Å²) in [6, 6.07) is -0.431. The predicted molar refractivity (Wildman–Crippen MR) is 176 cm³/mol. The van der Waals surface area contributed by atoms with E-state index in [9.17, 15) is 49.2 Å². The number of esters is 2. The van der Waals surface area contributed by atoms with Gasteiger partial charge in [0.1, 0.15) is 12.2 Å². The van der Waals surface area contributed by atoms with Crippen LogP contribution < -0.4 is 5.73 Å². The number of aliphatic carboxylic acids is 4. The molecule has 0 saturated carbocycles. The van der Waals surface area contributed by atoms with Crippen LogP contribution in [-0.2, 0) is 38.2 Å². The summed E-state index contributed by atoms with van der Waals surface area (Å²) in [6.45, 7) is 7.44. The van der Waals surface area contributed by atoms with Gasteiger partial charge in [-0.1, -0.05) is 65.7 Å². The Kier molecular flexibility index (Phi) is 23.1. The molecular weight excluding hydrogens is 646 g/mol. The van der Waals surface area contributed by atoms with E-state index in [2.05, 4.69) is 0 Å². The molecular formula is C34H59NO14. The fraction of sp³-hybridized carbons (Fsp3) is 0.824. The highest BCUT2D eigenvalue weighted by atomic mass is 16.6. The summed E-state index contributed by atoms with van der Waals surface area (Å²) in [5.41, 5.74) is 5.64. The zero-order valence-electron chi connectivity index (χ0n) is 29.3. The second kappa shape index (κ2) is 24.8. The third-order valence-electron chi connectivity index (χ3n) is 8.50. The van der Waals surface area contributed by atoms with E-state index in [-0.39, 0.29) is 31.1 Å². The maximum Gasteiger partial charge on any atom is 0.307 e. The van der Waals surface area contributed by atoms with Gasteiger partial charge in [0.05, 0.1) is 49.7 Å². The number of hydrogen-bond acceptors (Lipinski definition) is 11. The molecule has 9 atom stereocenters. The van der Waals surface area contributed by atoms with Crippen LogP contribution in [0.4, 0.5) is 0 Å². The van der Waals surface area contributed by atoms with Crippen LogP contribution in [0.15, 0.2) is 0 Å². The molecule has 15 heteroatoms. The van der Waals surface area contributed by atoms with E-state index in [1.807, 2.05) is 20.8 Å². The number of unbranched alkanes of at least 4 members (excludes halogenated alkanes) is 3. The molecule has 0 radical (unpaired) electrons. The minimum Gasteiger partial charge on any atom is -0.481 e. The molecule has 0 aliphatic carbocycles. The molecule has 0 rings (SSSR count). The number of aliphatic hydroxyl groups excluding tert-OH is 2. The van der Waals surface area contributed by atoms with Crippen molar-refractivity contribution in [2.75, 3.05) is 0 Å². The van der Waals surface area contributed by atoms with E-state index in [0.29, 0.717) is 12.8 Å². The summed E-state index contributed by atoms with van der Waals surface area (Å²) < 4.78 is 11.4. The summed E-state index contributed by atoms with van der Waals surface area (Å²) in [5, 5.41) is 57.0. The highest BCUT2D eigenvalue weighted by Crippen LogP contribution is 2.27. The van der Waals surface area contributed by atoms with Gasteiger partial charge in [0.15, 0.2) is 0 Å². The van der Waals surface area contributed by atoms with Crippen molar-refractivity contribution >= 4 is 35.8 Å². The second-order valence-corrected chi connectivity index (χ2v) is 13.5. The number of carboxylic acids is 4. The molecule has 15 nitrogen and oxygen atoms in total. The monoisotopic (exact) mass is 705 g/mol. The molecule has 0 aliphatic heterocycles. The van der Waals surface area contributed by atoms with Crippen LogP contribution in [-0.4, -0.2) is 96.9 Å². The fourth-order valence-electron chi connectivity index (χ4n) is 5.66. The lowest BCUT2D eigenvalue weighted by atomic mass is 9.89. The number of aliphatic hydroxyl groups is 2. The summed E-state index contributed by atoms with van der Waals surface area (Å²) >= 11 is 0. The molecule has 0 bridgehead atoms. The third-order valence-corrected chi connectivity index (χ3v) is 8.50. The van der Waals surface area contributed by atoms with Gasteiger partial charge in [-0.2, -0.15) is 0 Å². The summed E-state index contributed by atoms with van der Waals surface area (Å²) in [4.78, 5) is 71.5. The molecule has 0 aromatic carbocycles. The van der Waals surface area contributed by atoms with Gasteiger partial charge in [-0.3, -0.25) is 28.8 Å². The fourth-order valence-corrected chi connectivity index (χ4v) is 5.66. The van der Waals surface area contributed by atoms with Crippen LogP contribution >= 0.6 is 0 Å². The third kappa shape index (κ3) is 22.1. The molecule has 0 amide bonds. The molecule has 0 heterocycles. The van der Waals surface area contributed by atoms with E-state index in [1.54, 1.807) is 6.92 Å². The Bertz CT molecular complexity index is 1030. The lowest BCUT2D eigenvalue weighted by molar-refractivity contribution is -0.174. The Morgan fingerprint density at radius 2 is 1.00 bits per heavy atom. The molecule has 0 spiro atoms. The summed E-state index contributed by atoms with van der Waals surface area (Å²) in [5.74, 6) is -11.0. The van der Waals surface area contributed by atoms with Gasteiger partial charge < -0.3 is 45.8 Å². The van der Waals surface area contributed by atoms with Crippen LogP contribution in [0.5, 0.6) is 0 Å². The Balaban J connectivity index is 5.81. The lowest BCUT2D eigenvalue weighted by Crippen LogP contribution is -2.39. The standard InChI is InChI=1S/C34H59NO14/c1-5-10-20(2)13-27(48-31(42)17-23(33(44)45)15-29(38)39)28(49-32(43)18-24(34(46)47)16-30(40)41)14-21(3)11-8-6-7-9-12-25(36)19-26(37)22(4)35/h20-28,36-37H,5-19,35H2,1-4H3,(H,38,39)(H,40,41)(H,44,45)(H,46,47)/t20-,21+,22-,23-,24-,25-,26-,27-,28-/m0/s1. The molecule has 0 unspecified atom stereocenters. The van der Waals surface area contributed by atoms with Gasteiger partial charge >= 0.3 is 35.8 Å². The van der Waals surface area contributed by atoms with E-state index in [0.717, 1.165) is 38.5 Å². The second-order valence-electron chi connectivity index (χ2n) is 13.5. The van der Waals surface area contributed by atoms with Gasteiger partial charge in [0.2, 0.25) is 0 Å². The summed E-state index contributed by atoms with van der Waals surface area (Å²) in [6.07, 6.45) is -0.0936. The van der Waals surface area contributed by atoms with Crippen LogP contribution in [0.1, 0.15) is 124 Å². The van der Waals surface area contributed by atoms with E-state index in [4.69, 9.17) is 25.4 Å². The first kappa shape index (κ1) is 45.7. The predicted octanol–water partition coefficient (Wildman–Crippen LogP) is 3.59. The maximum absolute atomic E-state index is 13.0. The van der Waals surface area contributed by atoms with Crippen molar-refractivity contribution in [1.29, 1.82) is 0 Å². The van der Waals surface area contributed by atoms with Gasteiger partial charge in [-0.15, -0.1) is 0 Å². The maximum atomic E-state index is 13.0. The first-order chi connectivity index (χ1) is 22.9. The SMILES string of the molecule is CCC[C@H](C)C[C@H](OC(=O)C[C@H](CC(=O)O)C(=O)O)[C@H](C[C@H](C)CCCCCC[C@H](O)C[C@H](O)[C@H](C)N)OC(=O)C[C@H](CC(=O)O)C(=O)O. The highest BCUT2D eigenvalue weighted by Gasteiger charge is 2.35. The number of carboxylic acid groups (broad SMARTS) is 4. The Labute approximate surface area is 288 Å². The van der Waals surface area contributed by atoms with Gasteiger partial charge in [0, 0.05) is 12.5 Å². The number of carbonyl (C=O) groups is 6. The van der Waals surface area contributed by atoms with Crippen molar-refractivity contribution in [2.24, 2.45) is 29.4 Å². The van der Waals surface area contributed by atoms with Crippen molar-refractivity contribution in [3.63, 3.8) is 0 Å². The minimum atomic E-state index is -1.55. The zero-order chi connectivity index (χ0) is 37.7. The Morgan fingerprint density at radius 1 is 0.592 bits per heavy atom. The Morgan fingerprint density at radius 3 is 1.37 bits per heavy atom. The number of rotatable bonds is 29. The molecule has 0 aliphatic rings. The van der Waals surface area contributed by atoms with Crippen LogP contribution in [0.25, 0.3) is 0 Å². The topological polar surface area (TPSA) is 268 Å². The van der Waals surface area contributed by atoms with E-state index < -0.39 is 104 Å². The quantitative estimate of drug-likeness (QED) is 0.0433. The molecule has 0 fully saturated rings. The van der Waals surface area contributed by atoms with E-state index in [1.165, 1.54) is 0 Å². The molecule has 0 aromatic rings. The van der Waals surface area contributed by atoms with E-state index >= 15 is 0 Å². The smallest absolute Gasteiger partial charge is 0.307 e. The first-order valence-electron chi connectivity index (χ1n) is 17.3.